The Balaban J connectivity index is 1.82. The van der Waals surface area contributed by atoms with Gasteiger partial charge in [0.1, 0.15) is 0 Å². The number of nitrogens with one attached hydrogen (secondary N) is 1. The third-order valence-electron chi connectivity index (χ3n) is 3.92. The van der Waals surface area contributed by atoms with Gasteiger partial charge in [0, 0.05) is 19.1 Å². The number of H-pyrrole nitrogens is 1. The van der Waals surface area contributed by atoms with E-state index in [4.69, 9.17) is 5.73 Å². The molecule has 0 atom stereocenters. The molecule has 1 aliphatic carbocycles. The van der Waals surface area contributed by atoms with Crippen molar-refractivity contribution in [2.45, 2.75) is 51.2 Å². The Morgan fingerprint density at radius 2 is 2.00 bits per heavy atom. The van der Waals surface area contributed by atoms with Crippen molar-refractivity contribution >= 4 is 5.95 Å². The molecular weight excluding hydrogens is 216 g/mol. The minimum atomic E-state index is -0.0641. The highest BCUT2D eigenvalue weighted by molar-refractivity contribution is 5.28. The summed E-state index contributed by atoms with van der Waals surface area (Å²) in [6, 6.07) is 0.624. The molecule has 1 aliphatic heterocycles. The number of aromatic nitrogens is 2. The summed E-state index contributed by atoms with van der Waals surface area (Å²) in [6.07, 6.45) is 6.47. The molecule has 3 N–H and O–H groups in total. The van der Waals surface area contributed by atoms with Crippen LogP contribution >= 0.6 is 0 Å². The fourth-order valence-corrected chi connectivity index (χ4v) is 3.01. The SMILES string of the molecule is Nc1nc2c(c(=O)[nH]1)CN(C1CCCCC1)C2. The van der Waals surface area contributed by atoms with Crippen LogP contribution in [0.2, 0.25) is 0 Å². The second-order valence-electron chi connectivity index (χ2n) is 5.07. The van der Waals surface area contributed by atoms with Crippen molar-refractivity contribution in [3.05, 3.63) is 21.6 Å². The quantitative estimate of drug-likeness (QED) is 0.760. The van der Waals surface area contributed by atoms with E-state index < -0.39 is 0 Å². The van der Waals surface area contributed by atoms with E-state index >= 15 is 0 Å². The molecule has 1 aromatic heterocycles. The second kappa shape index (κ2) is 4.14. The lowest BCUT2D eigenvalue weighted by atomic mass is 9.94. The van der Waals surface area contributed by atoms with Crippen LogP contribution in [0.15, 0.2) is 4.79 Å². The summed E-state index contributed by atoms with van der Waals surface area (Å²) in [7, 11) is 0. The molecule has 0 aromatic carbocycles. The Morgan fingerprint density at radius 1 is 1.24 bits per heavy atom. The molecule has 0 spiro atoms. The number of anilines is 1. The van der Waals surface area contributed by atoms with Crippen LogP contribution in [0, 0.1) is 0 Å². The summed E-state index contributed by atoms with van der Waals surface area (Å²) in [5.74, 6) is 0.235. The number of nitrogens with zero attached hydrogens (tertiary/aromatic N) is 2. The molecule has 5 nitrogen and oxygen atoms in total. The lowest BCUT2D eigenvalue weighted by molar-refractivity contribution is 0.155. The number of fused-ring (bicyclic) bond motifs is 1. The third kappa shape index (κ3) is 1.95. The Labute approximate surface area is 100 Å². The van der Waals surface area contributed by atoms with Gasteiger partial charge in [0.05, 0.1) is 11.3 Å². The zero-order valence-electron chi connectivity index (χ0n) is 9.91. The van der Waals surface area contributed by atoms with Crippen molar-refractivity contribution in [1.29, 1.82) is 0 Å². The largest absolute Gasteiger partial charge is 0.369 e. The lowest BCUT2D eigenvalue weighted by Crippen LogP contribution is -2.32. The molecule has 0 bridgehead atoms. The molecule has 3 rings (SSSR count). The molecule has 1 fully saturated rings. The van der Waals surface area contributed by atoms with E-state index in [1.54, 1.807) is 0 Å². The Kier molecular flexibility index (Phi) is 2.63. The first-order chi connectivity index (χ1) is 8.24. The number of nitrogen functional groups attached to an aromatic ring is 1. The Bertz CT molecular complexity index is 476. The van der Waals surface area contributed by atoms with E-state index in [1.807, 2.05) is 0 Å². The number of aromatic amines is 1. The van der Waals surface area contributed by atoms with E-state index in [0.29, 0.717) is 6.04 Å². The minimum Gasteiger partial charge on any atom is -0.369 e. The van der Waals surface area contributed by atoms with Gasteiger partial charge >= 0.3 is 0 Å². The maximum atomic E-state index is 11.8. The fourth-order valence-electron chi connectivity index (χ4n) is 3.01. The number of rotatable bonds is 1. The first kappa shape index (κ1) is 10.8. The van der Waals surface area contributed by atoms with Crippen LogP contribution in [0.4, 0.5) is 5.95 Å². The standard InChI is InChI=1S/C12H18N4O/c13-12-14-10-7-16(6-9(10)11(17)15-12)8-4-2-1-3-5-8/h8H,1-7H2,(H3,13,14,15,17). The lowest BCUT2D eigenvalue weighted by Gasteiger charge is -2.30. The second-order valence-corrected chi connectivity index (χ2v) is 5.07. The molecule has 0 saturated heterocycles. The van der Waals surface area contributed by atoms with Crippen LogP contribution in [0.1, 0.15) is 43.4 Å². The summed E-state index contributed by atoms with van der Waals surface area (Å²) < 4.78 is 0. The maximum absolute atomic E-state index is 11.8. The average molecular weight is 234 g/mol. The van der Waals surface area contributed by atoms with Gasteiger partial charge in [-0.1, -0.05) is 19.3 Å². The van der Waals surface area contributed by atoms with Gasteiger partial charge in [0.2, 0.25) is 5.95 Å². The van der Waals surface area contributed by atoms with Gasteiger partial charge < -0.3 is 5.73 Å². The van der Waals surface area contributed by atoms with E-state index in [2.05, 4.69) is 14.9 Å². The summed E-state index contributed by atoms with van der Waals surface area (Å²) in [5.41, 5.74) is 7.19. The Morgan fingerprint density at radius 3 is 2.76 bits per heavy atom. The van der Waals surface area contributed by atoms with Gasteiger partial charge in [-0.3, -0.25) is 14.7 Å². The number of nitrogens with two attached hydrogens (primary N) is 1. The van der Waals surface area contributed by atoms with Crippen molar-refractivity contribution in [3.8, 4) is 0 Å². The minimum absolute atomic E-state index is 0.0641. The highest BCUT2D eigenvalue weighted by atomic mass is 16.1. The molecule has 1 aromatic rings. The first-order valence-corrected chi connectivity index (χ1v) is 6.35. The van der Waals surface area contributed by atoms with Crippen molar-refractivity contribution in [3.63, 3.8) is 0 Å². The van der Waals surface area contributed by atoms with Crippen molar-refractivity contribution in [2.24, 2.45) is 0 Å². The van der Waals surface area contributed by atoms with E-state index in [-0.39, 0.29) is 11.5 Å². The first-order valence-electron chi connectivity index (χ1n) is 6.35. The van der Waals surface area contributed by atoms with E-state index in [1.165, 1.54) is 32.1 Å². The van der Waals surface area contributed by atoms with Crippen LogP contribution in [-0.2, 0) is 13.1 Å². The average Bonchev–Trinajstić information content (AvgIpc) is 2.74. The van der Waals surface area contributed by atoms with E-state index in [9.17, 15) is 4.79 Å². The highest BCUT2D eigenvalue weighted by Crippen LogP contribution is 2.28. The zero-order valence-corrected chi connectivity index (χ0v) is 9.91. The normalized spacial score (nSPS) is 21.6. The predicted octanol–water partition coefficient (Wildman–Crippen LogP) is 1.00. The summed E-state index contributed by atoms with van der Waals surface area (Å²) in [6.45, 7) is 1.52. The predicted molar refractivity (Wildman–Crippen MR) is 65.4 cm³/mol. The van der Waals surface area contributed by atoms with Gasteiger partial charge in [-0.2, -0.15) is 0 Å². The van der Waals surface area contributed by atoms with Gasteiger partial charge in [-0.25, -0.2) is 4.98 Å². The van der Waals surface area contributed by atoms with Crippen molar-refractivity contribution < 1.29 is 0 Å². The smallest absolute Gasteiger partial charge is 0.257 e. The molecule has 17 heavy (non-hydrogen) atoms. The van der Waals surface area contributed by atoms with Crippen LogP contribution in [0.3, 0.4) is 0 Å². The fraction of sp³-hybridized carbons (Fsp3) is 0.667. The van der Waals surface area contributed by atoms with Gasteiger partial charge in [-0.15, -0.1) is 0 Å². The topological polar surface area (TPSA) is 75.0 Å². The maximum Gasteiger partial charge on any atom is 0.257 e. The molecule has 92 valence electrons. The van der Waals surface area contributed by atoms with Crippen LogP contribution in [-0.4, -0.2) is 20.9 Å². The van der Waals surface area contributed by atoms with E-state index in [0.717, 1.165) is 24.3 Å². The van der Waals surface area contributed by atoms with Gasteiger partial charge in [0.25, 0.3) is 5.56 Å². The molecule has 5 heteroatoms. The van der Waals surface area contributed by atoms with Crippen LogP contribution in [0.5, 0.6) is 0 Å². The molecule has 1 saturated carbocycles. The van der Waals surface area contributed by atoms with Crippen molar-refractivity contribution in [1.82, 2.24) is 14.9 Å². The molecule has 2 heterocycles. The highest BCUT2D eigenvalue weighted by Gasteiger charge is 2.29. The molecule has 0 radical (unpaired) electrons. The number of hydrogen-bond donors (Lipinski definition) is 2. The van der Waals surface area contributed by atoms with Crippen molar-refractivity contribution in [2.75, 3.05) is 5.73 Å². The zero-order chi connectivity index (χ0) is 11.8. The molecular formula is C12H18N4O. The molecule has 0 amide bonds. The summed E-state index contributed by atoms with van der Waals surface area (Å²) >= 11 is 0. The van der Waals surface area contributed by atoms with Crippen LogP contribution in [0.25, 0.3) is 0 Å². The Hall–Kier alpha value is -1.36. The van der Waals surface area contributed by atoms with Gasteiger partial charge in [0.15, 0.2) is 0 Å². The van der Waals surface area contributed by atoms with Crippen LogP contribution < -0.4 is 11.3 Å². The number of hydrogen-bond acceptors (Lipinski definition) is 4. The van der Waals surface area contributed by atoms with Gasteiger partial charge in [-0.05, 0) is 12.8 Å². The monoisotopic (exact) mass is 234 g/mol. The summed E-state index contributed by atoms with van der Waals surface area (Å²) in [5, 5.41) is 0. The molecule has 0 unspecified atom stereocenters. The molecule has 2 aliphatic rings. The summed E-state index contributed by atoms with van der Waals surface area (Å²) in [4.78, 5) is 21.0. The third-order valence-corrected chi connectivity index (χ3v) is 3.92.